The number of nitrogens with zero attached hydrogens (tertiary/aromatic N) is 1. The molecular formula is C27H38BNO4Si. The summed E-state index contributed by atoms with van der Waals surface area (Å²) in [6.07, 6.45) is 2.07. The number of ether oxygens (including phenoxy) is 2. The molecule has 0 spiro atoms. The third kappa shape index (κ3) is 5.43. The average Bonchev–Trinajstić information content (AvgIpc) is 3.27. The van der Waals surface area contributed by atoms with E-state index in [-0.39, 0.29) is 0 Å². The van der Waals surface area contributed by atoms with Gasteiger partial charge >= 0.3 is 7.12 Å². The zero-order valence-corrected chi connectivity index (χ0v) is 22.7. The third-order valence-electron chi connectivity index (χ3n) is 6.89. The lowest BCUT2D eigenvalue weighted by molar-refractivity contribution is 0.00578. The first kappa shape index (κ1) is 25.0. The molecule has 1 aliphatic rings. The Morgan fingerprint density at radius 1 is 0.912 bits per heavy atom. The number of hydrogen-bond donors (Lipinski definition) is 0. The summed E-state index contributed by atoms with van der Waals surface area (Å²) >= 11 is 0. The highest BCUT2D eigenvalue weighted by molar-refractivity contribution is 6.76. The minimum Gasteiger partial charge on any atom is -0.487 e. The van der Waals surface area contributed by atoms with Gasteiger partial charge in [0.05, 0.1) is 16.7 Å². The van der Waals surface area contributed by atoms with Crippen molar-refractivity contribution < 1.29 is 18.8 Å². The summed E-state index contributed by atoms with van der Waals surface area (Å²) in [4.78, 5) is 0. The van der Waals surface area contributed by atoms with Crippen molar-refractivity contribution in [2.24, 2.45) is 0 Å². The number of hydrogen-bond acceptors (Lipinski definition) is 4. The molecule has 0 radical (unpaired) electrons. The van der Waals surface area contributed by atoms with E-state index >= 15 is 0 Å². The number of aromatic nitrogens is 1. The van der Waals surface area contributed by atoms with Crippen LogP contribution in [0.2, 0.25) is 25.7 Å². The first-order valence-electron chi connectivity index (χ1n) is 12.2. The molecule has 2 aromatic carbocycles. The molecule has 0 bridgehead atoms. The van der Waals surface area contributed by atoms with E-state index in [0.29, 0.717) is 13.3 Å². The van der Waals surface area contributed by atoms with Gasteiger partial charge < -0.3 is 23.3 Å². The van der Waals surface area contributed by atoms with E-state index in [1.54, 1.807) is 0 Å². The van der Waals surface area contributed by atoms with E-state index in [4.69, 9.17) is 18.8 Å². The molecule has 1 aromatic heterocycles. The highest BCUT2D eigenvalue weighted by Gasteiger charge is 2.52. The van der Waals surface area contributed by atoms with Gasteiger partial charge in [-0.3, -0.25) is 0 Å². The van der Waals surface area contributed by atoms with Gasteiger partial charge in [0.25, 0.3) is 0 Å². The summed E-state index contributed by atoms with van der Waals surface area (Å²) in [7, 11) is -1.57. The highest BCUT2D eigenvalue weighted by Crippen LogP contribution is 2.38. The first-order valence-corrected chi connectivity index (χ1v) is 15.9. The molecule has 4 rings (SSSR count). The quantitative estimate of drug-likeness (QED) is 0.286. The number of rotatable bonds is 9. The Balaban J connectivity index is 1.64. The molecule has 0 atom stereocenters. The van der Waals surface area contributed by atoms with Crippen LogP contribution in [0, 0.1) is 0 Å². The fourth-order valence-corrected chi connectivity index (χ4v) is 4.75. The van der Waals surface area contributed by atoms with Crippen LogP contribution in [0.15, 0.2) is 54.7 Å². The second-order valence-corrected chi connectivity index (χ2v) is 17.0. The molecule has 0 aliphatic carbocycles. The average molecular weight is 480 g/mol. The summed E-state index contributed by atoms with van der Waals surface area (Å²) < 4.78 is 27.3. The Hall–Kier alpha value is -2.06. The summed E-state index contributed by atoms with van der Waals surface area (Å²) in [5.41, 5.74) is 2.37. The van der Waals surface area contributed by atoms with Crippen LogP contribution in [0.4, 0.5) is 0 Å². The minimum absolute atomic E-state index is 0.394. The molecule has 34 heavy (non-hydrogen) atoms. The summed E-state index contributed by atoms with van der Waals surface area (Å²) in [6, 6.07) is 17.6. The smallest absolute Gasteiger partial charge is 0.487 e. The van der Waals surface area contributed by atoms with Crippen molar-refractivity contribution in [2.45, 2.75) is 77.9 Å². The largest absolute Gasteiger partial charge is 0.495 e. The van der Waals surface area contributed by atoms with Crippen LogP contribution >= 0.6 is 0 Å². The fraction of sp³-hybridized carbons (Fsp3) is 0.481. The maximum Gasteiger partial charge on any atom is 0.495 e. The van der Waals surface area contributed by atoms with E-state index in [9.17, 15) is 0 Å². The van der Waals surface area contributed by atoms with Gasteiger partial charge in [-0.2, -0.15) is 0 Å². The summed E-state index contributed by atoms with van der Waals surface area (Å²) in [6.45, 7) is 17.2. The van der Waals surface area contributed by atoms with Gasteiger partial charge in [-0.25, -0.2) is 0 Å². The minimum atomic E-state index is -1.14. The lowest BCUT2D eigenvalue weighted by atomic mass is 9.77. The molecule has 182 valence electrons. The van der Waals surface area contributed by atoms with Gasteiger partial charge in [0.2, 0.25) is 0 Å². The van der Waals surface area contributed by atoms with Crippen molar-refractivity contribution in [3.8, 4) is 5.75 Å². The molecule has 1 saturated heterocycles. The molecule has 0 amide bonds. The van der Waals surface area contributed by atoms with Gasteiger partial charge in [-0.1, -0.05) is 56.0 Å². The predicted molar refractivity (Wildman–Crippen MR) is 143 cm³/mol. The predicted octanol–water partition coefficient (Wildman–Crippen LogP) is 5.83. The monoisotopic (exact) mass is 479 g/mol. The molecule has 3 aromatic rings. The third-order valence-corrected chi connectivity index (χ3v) is 8.60. The maximum absolute atomic E-state index is 6.37. The molecule has 0 N–H and O–H groups in total. The van der Waals surface area contributed by atoms with Crippen LogP contribution in [-0.2, 0) is 27.4 Å². The van der Waals surface area contributed by atoms with Gasteiger partial charge in [-0.05, 0) is 56.9 Å². The molecule has 5 nitrogen and oxygen atoms in total. The summed E-state index contributed by atoms with van der Waals surface area (Å²) in [5, 5.41) is 1.07. The lowest BCUT2D eigenvalue weighted by Crippen LogP contribution is -2.41. The van der Waals surface area contributed by atoms with Crippen LogP contribution in [0.25, 0.3) is 10.9 Å². The van der Waals surface area contributed by atoms with E-state index in [1.165, 1.54) is 0 Å². The Labute approximate surface area is 205 Å². The Kier molecular flexibility index (Phi) is 7.02. The van der Waals surface area contributed by atoms with Crippen molar-refractivity contribution in [1.29, 1.82) is 0 Å². The van der Waals surface area contributed by atoms with Crippen LogP contribution in [0.5, 0.6) is 5.75 Å². The zero-order chi connectivity index (χ0) is 24.6. The van der Waals surface area contributed by atoms with Gasteiger partial charge in [0.15, 0.2) is 0 Å². The van der Waals surface area contributed by atoms with Crippen LogP contribution in [0.1, 0.15) is 33.3 Å². The molecule has 7 heteroatoms. The van der Waals surface area contributed by atoms with Gasteiger partial charge in [0, 0.05) is 26.3 Å². The Morgan fingerprint density at radius 3 is 2.24 bits per heavy atom. The molecule has 1 aliphatic heterocycles. The fourth-order valence-electron chi connectivity index (χ4n) is 3.99. The standard InChI is InChI=1S/C27H38BNO4Si/c1-26(2)27(3,4)33-28(32-26)23-13-14-24(31-19-21-11-9-8-10-12-21)25-22(23)15-16-29(25)20-30-17-18-34(5,6)7/h8-16H,17-20H2,1-7H3. The SMILES string of the molecule is CC1(C)OB(c2ccc(OCc3ccccc3)c3c2ccn3COCC[Si](C)(C)C)OC1(C)C. The van der Waals surface area contributed by atoms with Crippen molar-refractivity contribution in [2.75, 3.05) is 6.61 Å². The van der Waals surface area contributed by atoms with Crippen LogP contribution < -0.4 is 10.2 Å². The van der Waals surface area contributed by atoms with Crippen molar-refractivity contribution in [3.05, 3.63) is 60.3 Å². The molecule has 1 fully saturated rings. The van der Waals surface area contributed by atoms with E-state index in [1.807, 2.05) is 24.3 Å². The Morgan fingerprint density at radius 2 is 1.59 bits per heavy atom. The molecule has 0 unspecified atom stereocenters. The summed E-state index contributed by atoms with van der Waals surface area (Å²) in [5.74, 6) is 0.831. The number of benzene rings is 2. The zero-order valence-electron chi connectivity index (χ0n) is 21.7. The maximum atomic E-state index is 6.37. The van der Waals surface area contributed by atoms with Crippen LogP contribution in [0.3, 0.4) is 0 Å². The highest BCUT2D eigenvalue weighted by atomic mass is 28.3. The van der Waals surface area contributed by atoms with Crippen LogP contribution in [-0.4, -0.2) is 37.6 Å². The lowest BCUT2D eigenvalue weighted by Gasteiger charge is -2.32. The van der Waals surface area contributed by atoms with Crippen molar-refractivity contribution >= 4 is 31.6 Å². The van der Waals surface area contributed by atoms with Crippen molar-refractivity contribution in [3.63, 3.8) is 0 Å². The topological polar surface area (TPSA) is 41.9 Å². The van der Waals surface area contributed by atoms with E-state index < -0.39 is 26.4 Å². The number of fused-ring (bicyclic) bond motifs is 1. The molecular weight excluding hydrogens is 441 g/mol. The van der Waals surface area contributed by atoms with E-state index in [2.05, 4.69) is 82.4 Å². The second-order valence-electron chi connectivity index (χ2n) is 11.4. The first-order chi connectivity index (χ1) is 16.0. The molecule has 0 saturated carbocycles. The van der Waals surface area contributed by atoms with Gasteiger partial charge in [0.1, 0.15) is 19.1 Å². The van der Waals surface area contributed by atoms with Gasteiger partial charge in [-0.15, -0.1) is 0 Å². The van der Waals surface area contributed by atoms with Crippen molar-refractivity contribution in [1.82, 2.24) is 4.57 Å². The normalized spacial score (nSPS) is 17.4. The van der Waals surface area contributed by atoms with E-state index in [0.717, 1.165) is 40.3 Å². The molecule has 2 heterocycles. The Bertz CT molecular complexity index is 1100. The second kappa shape index (κ2) is 9.53.